The van der Waals surface area contributed by atoms with Crippen molar-refractivity contribution in [2.45, 2.75) is 11.8 Å². The predicted molar refractivity (Wildman–Crippen MR) is 156 cm³/mol. The molecule has 1 spiro atoms. The zero-order valence-electron chi connectivity index (χ0n) is 25.2. The van der Waals surface area contributed by atoms with Crippen LogP contribution < -0.4 is 0 Å². The molecule has 5 rings (SSSR count). The van der Waals surface area contributed by atoms with Gasteiger partial charge in [-0.15, -0.1) is 0 Å². The summed E-state index contributed by atoms with van der Waals surface area (Å²) in [5.74, 6) is -6.67. The highest BCUT2D eigenvalue weighted by Crippen LogP contribution is 2.63. The Morgan fingerprint density at radius 2 is 1.05 bits per heavy atom. The zero-order chi connectivity index (χ0) is 31.8. The van der Waals surface area contributed by atoms with Crippen LogP contribution in [0.25, 0.3) is 0 Å². The molecule has 3 atom stereocenters. The molecule has 2 aromatic carbocycles. The largest absolute Gasteiger partial charge is 0.501 e. The fourth-order valence-electron chi connectivity index (χ4n) is 6.77. The molecule has 0 heterocycles. The predicted octanol–water partition coefficient (Wildman–Crippen LogP) is 3.91. The number of carbonyl (C=O) groups excluding carboxylic acids is 4. The van der Waals surface area contributed by atoms with Gasteiger partial charge in [0.05, 0.1) is 48.6 Å². The summed E-state index contributed by atoms with van der Waals surface area (Å²) in [4.78, 5) is 56.8. The molecule has 0 saturated carbocycles. The summed E-state index contributed by atoms with van der Waals surface area (Å²) < 4.78 is 33.3. The minimum atomic E-state index is -1.90. The maximum atomic E-state index is 14.8. The Morgan fingerprint density at radius 1 is 0.591 bits per heavy atom. The normalized spacial score (nSPS) is 22.8. The Hall–Kier alpha value is -5.12. The molecule has 3 aliphatic rings. The lowest BCUT2D eigenvalue weighted by Gasteiger charge is -2.48. The van der Waals surface area contributed by atoms with Crippen LogP contribution in [-0.4, -0.2) is 65.8 Å². The van der Waals surface area contributed by atoms with E-state index in [1.807, 2.05) is 18.2 Å². The first-order valence-electron chi connectivity index (χ1n) is 13.7. The minimum Gasteiger partial charge on any atom is -0.501 e. The van der Waals surface area contributed by atoms with Crippen molar-refractivity contribution >= 4 is 23.1 Å². The Labute approximate surface area is 254 Å². The highest BCUT2D eigenvalue weighted by atomic mass is 16.5. The van der Waals surface area contributed by atoms with E-state index in [0.29, 0.717) is 11.1 Å². The van der Waals surface area contributed by atoms with Crippen molar-refractivity contribution in [1.82, 2.24) is 0 Å². The van der Waals surface area contributed by atoms with E-state index in [0.717, 1.165) is 0 Å². The van der Waals surface area contributed by atoms with Gasteiger partial charge in [0, 0.05) is 11.8 Å². The van der Waals surface area contributed by atoms with Crippen LogP contribution >= 0.6 is 0 Å². The summed E-state index contributed by atoms with van der Waals surface area (Å²) in [5.41, 5.74) is -1.05. The molecule has 0 bridgehead atoms. The third kappa shape index (κ3) is 4.16. The standard InChI is InChI=1S/C34H32O10/c1-39-21-17-20(18-13-9-7-10-14-18)34(32(37)30(43-5)31(44-6)33(34)38)24(19-15-11-8-12-16-19)22(21)27(40-2)23-25(35)28(41-3)29(42-4)26(23)36/h7-17,20,22,24H,1-6H3/t20-,22-,24+/m1/s1. The zero-order valence-corrected chi connectivity index (χ0v) is 25.2. The van der Waals surface area contributed by atoms with Crippen LogP contribution in [0.15, 0.2) is 107 Å². The third-order valence-electron chi connectivity index (χ3n) is 8.51. The van der Waals surface area contributed by atoms with Crippen molar-refractivity contribution in [2.75, 3.05) is 42.7 Å². The first-order chi connectivity index (χ1) is 21.3. The number of carbonyl (C=O) groups is 4. The van der Waals surface area contributed by atoms with Gasteiger partial charge in [0.25, 0.3) is 0 Å². The molecule has 0 saturated heterocycles. The summed E-state index contributed by atoms with van der Waals surface area (Å²) in [7, 11) is 7.85. The van der Waals surface area contributed by atoms with Gasteiger partial charge in [0.1, 0.15) is 22.5 Å². The molecule has 0 aromatic heterocycles. The van der Waals surface area contributed by atoms with Crippen molar-refractivity contribution in [1.29, 1.82) is 0 Å². The van der Waals surface area contributed by atoms with Crippen molar-refractivity contribution in [2.24, 2.45) is 11.3 Å². The van der Waals surface area contributed by atoms with Crippen LogP contribution in [-0.2, 0) is 47.6 Å². The fourth-order valence-corrected chi connectivity index (χ4v) is 6.77. The topological polar surface area (TPSA) is 124 Å². The van der Waals surface area contributed by atoms with E-state index in [2.05, 4.69) is 0 Å². The minimum absolute atomic E-state index is 0.111. The molecule has 44 heavy (non-hydrogen) atoms. The van der Waals surface area contributed by atoms with E-state index in [-0.39, 0.29) is 40.1 Å². The van der Waals surface area contributed by atoms with E-state index in [9.17, 15) is 19.2 Å². The lowest BCUT2D eigenvalue weighted by molar-refractivity contribution is -0.140. The van der Waals surface area contributed by atoms with Crippen molar-refractivity contribution in [3.63, 3.8) is 0 Å². The average Bonchev–Trinajstić information content (AvgIpc) is 3.43. The van der Waals surface area contributed by atoms with Crippen molar-refractivity contribution < 1.29 is 47.6 Å². The maximum Gasteiger partial charge on any atom is 0.239 e. The summed E-state index contributed by atoms with van der Waals surface area (Å²) >= 11 is 0. The summed E-state index contributed by atoms with van der Waals surface area (Å²) in [6, 6.07) is 18.0. The first kappa shape index (κ1) is 30.3. The monoisotopic (exact) mass is 600 g/mol. The van der Waals surface area contributed by atoms with E-state index in [1.54, 1.807) is 48.5 Å². The van der Waals surface area contributed by atoms with E-state index in [4.69, 9.17) is 28.4 Å². The second-order valence-corrected chi connectivity index (χ2v) is 10.3. The number of Topliss-reactive ketones (excluding diaryl/α,β-unsaturated/α-hetero) is 4. The van der Waals surface area contributed by atoms with Crippen molar-refractivity contribution in [3.05, 3.63) is 118 Å². The van der Waals surface area contributed by atoms with Gasteiger partial charge in [-0.3, -0.25) is 19.2 Å². The van der Waals surface area contributed by atoms with Crippen LogP contribution in [0.1, 0.15) is 23.0 Å². The second kappa shape index (κ2) is 11.9. The number of methoxy groups -OCH3 is 6. The van der Waals surface area contributed by atoms with Gasteiger partial charge in [-0.1, -0.05) is 60.7 Å². The molecular formula is C34H32O10. The fraction of sp³-hybridized carbons (Fsp3) is 0.294. The number of ketones is 4. The number of rotatable bonds is 9. The van der Waals surface area contributed by atoms with Crippen LogP contribution in [0.5, 0.6) is 0 Å². The molecule has 3 aliphatic carbocycles. The van der Waals surface area contributed by atoms with E-state index >= 15 is 0 Å². The number of hydrogen-bond donors (Lipinski definition) is 0. The molecule has 10 nitrogen and oxygen atoms in total. The SMILES string of the molecule is COC1=C[C@H](c2ccccc2)C2(C(=O)C(OC)=C(OC)C2=O)[C@@H](c2ccccc2)[C@@H]1C(OC)=C1C(=O)C(OC)=C(OC)C1=O. The van der Waals surface area contributed by atoms with E-state index in [1.165, 1.54) is 42.7 Å². The molecule has 0 N–H and O–H groups in total. The Bertz CT molecular complexity index is 1590. The maximum absolute atomic E-state index is 14.8. The van der Waals surface area contributed by atoms with Gasteiger partial charge in [0.15, 0.2) is 0 Å². The molecule has 0 fully saturated rings. The molecule has 0 aliphatic heterocycles. The molecule has 228 valence electrons. The van der Waals surface area contributed by atoms with Crippen LogP contribution in [0, 0.1) is 11.3 Å². The molecular weight excluding hydrogens is 568 g/mol. The third-order valence-corrected chi connectivity index (χ3v) is 8.51. The Morgan fingerprint density at radius 3 is 1.45 bits per heavy atom. The smallest absolute Gasteiger partial charge is 0.239 e. The highest BCUT2D eigenvalue weighted by Gasteiger charge is 2.69. The van der Waals surface area contributed by atoms with Gasteiger partial charge < -0.3 is 28.4 Å². The number of benzene rings is 2. The highest BCUT2D eigenvalue weighted by molar-refractivity contribution is 6.37. The molecule has 2 aromatic rings. The number of ether oxygens (including phenoxy) is 6. The van der Waals surface area contributed by atoms with Gasteiger partial charge in [0.2, 0.25) is 46.2 Å². The average molecular weight is 601 g/mol. The summed E-state index contributed by atoms with van der Waals surface area (Å²) in [5, 5.41) is 0. The second-order valence-electron chi connectivity index (χ2n) is 10.3. The quantitative estimate of drug-likeness (QED) is 0.181. The first-order valence-corrected chi connectivity index (χ1v) is 13.7. The van der Waals surface area contributed by atoms with Gasteiger partial charge in [-0.05, 0) is 17.2 Å². The molecule has 0 radical (unpaired) electrons. The number of hydrogen-bond acceptors (Lipinski definition) is 10. The van der Waals surface area contributed by atoms with Crippen LogP contribution in [0.2, 0.25) is 0 Å². The van der Waals surface area contributed by atoms with Gasteiger partial charge in [-0.25, -0.2) is 0 Å². The van der Waals surface area contributed by atoms with Crippen molar-refractivity contribution in [3.8, 4) is 0 Å². The van der Waals surface area contributed by atoms with Crippen LogP contribution in [0.3, 0.4) is 0 Å². The van der Waals surface area contributed by atoms with E-state index < -0.39 is 46.3 Å². The summed E-state index contributed by atoms with van der Waals surface area (Å²) in [6.07, 6.45) is 1.67. The molecule has 10 heteroatoms. The molecule has 0 amide bonds. The number of allylic oxidation sites excluding steroid dienone is 5. The lowest BCUT2D eigenvalue weighted by atomic mass is 9.52. The van der Waals surface area contributed by atoms with Gasteiger partial charge in [-0.2, -0.15) is 0 Å². The lowest BCUT2D eigenvalue weighted by Crippen LogP contribution is -2.52. The Balaban J connectivity index is 1.92. The van der Waals surface area contributed by atoms with Crippen LogP contribution in [0.4, 0.5) is 0 Å². The van der Waals surface area contributed by atoms with Gasteiger partial charge >= 0.3 is 0 Å². The summed E-state index contributed by atoms with van der Waals surface area (Å²) in [6.45, 7) is 0. The molecule has 0 unspecified atom stereocenters. The Kier molecular flexibility index (Phi) is 8.19.